The van der Waals surface area contributed by atoms with E-state index < -0.39 is 0 Å². The first-order chi connectivity index (χ1) is 11.6. The van der Waals surface area contributed by atoms with Crippen molar-refractivity contribution in [3.8, 4) is 11.4 Å². The summed E-state index contributed by atoms with van der Waals surface area (Å²) < 4.78 is 1.95. The van der Waals surface area contributed by atoms with Crippen molar-refractivity contribution in [3.63, 3.8) is 0 Å². The fourth-order valence-electron chi connectivity index (χ4n) is 3.39. The molecule has 1 aliphatic heterocycles. The van der Waals surface area contributed by atoms with Gasteiger partial charge in [-0.15, -0.1) is 10.2 Å². The van der Waals surface area contributed by atoms with E-state index in [1.54, 1.807) is 0 Å². The molecule has 1 saturated heterocycles. The highest BCUT2D eigenvalue weighted by atomic mass is 32.2. The molecule has 1 fully saturated rings. The first-order valence-corrected chi connectivity index (χ1v) is 9.45. The second-order valence-electron chi connectivity index (χ2n) is 6.45. The topological polar surface area (TPSA) is 51.0 Å². The van der Waals surface area contributed by atoms with Gasteiger partial charge in [-0.25, -0.2) is 0 Å². The molecule has 1 aromatic heterocycles. The maximum atomic E-state index is 12.6. The van der Waals surface area contributed by atoms with Gasteiger partial charge in [0.05, 0.1) is 5.75 Å². The highest BCUT2D eigenvalue weighted by Gasteiger charge is 2.29. The van der Waals surface area contributed by atoms with Gasteiger partial charge in [-0.05, 0) is 33.1 Å². The highest BCUT2D eigenvalue weighted by molar-refractivity contribution is 7.99. The van der Waals surface area contributed by atoms with Crippen LogP contribution in [0.5, 0.6) is 0 Å². The van der Waals surface area contributed by atoms with Crippen LogP contribution in [0.2, 0.25) is 0 Å². The van der Waals surface area contributed by atoms with Crippen LogP contribution in [-0.2, 0) is 11.8 Å². The largest absolute Gasteiger partial charge is 0.337 e. The third-order valence-corrected chi connectivity index (χ3v) is 5.68. The number of rotatable bonds is 4. The number of hydrogen-bond acceptors (Lipinski definition) is 4. The number of piperidine rings is 1. The smallest absolute Gasteiger partial charge is 0.233 e. The summed E-state index contributed by atoms with van der Waals surface area (Å²) in [4.78, 5) is 14.7. The van der Waals surface area contributed by atoms with Gasteiger partial charge in [0.2, 0.25) is 5.91 Å². The van der Waals surface area contributed by atoms with E-state index in [0.717, 1.165) is 29.4 Å². The maximum Gasteiger partial charge on any atom is 0.233 e. The van der Waals surface area contributed by atoms with E-state index in [-0.39, 0.29) is 5.91 Å². The quantitative estimate of drug-likeness (QED) is 0.798. The zero-order valence-electron chi connectivity index (χ0n) is 14.5. The van der Waals surface area contributed by atoms with Gasteiger partial charge in [0.15, 0.2) is 11.0 Å². The molecule has 2 atom stereocenters. The normalized spacial score (nSPS) is 21.0. The van der Waals surface area contributed by atoms with Crippen LogP contribution in [0.25, 0.3) is 11.4 Å². The van der Waals surface area contributed by atoms with Gasteiger partial charge in [0.25, 0.3) is 0 Å². The molecule has 1 aliphatic rings. The van der Waals surface area contributed by atoms with Gasteiger partial charge < -0.3 is 9.47 Å². The minimum absolute atomic E-state index is 0.198. The van der Waals surface area contributed by atoms with E-state index in [1.165, 1.54) is 18.2 Å². The molecule has 0 unspecified atom stereocenters. The Kier molecular flexibility index (Phi) is 5.23. The third-order valence-electron chi connectivity index (χ3n) is 4.67. The number of thioether (sulfide) groups is 1. The molecule has 0 aliphatic carbocycles. The summed E-state index contributed by atoms with van der Waals surface area (Å²) >= 11 is 1.47. The average Bonchev–Trinajstić information content (AvgIpc) is 2.94. The van der Waals surface area contributed by atoms with Crippen molar-refractivity contribution in [2.24, 2.45) is 7.05 Å². The van der Waals surface area contributed by atoms with Crippen LogP contribution >= 0.6 is 11.8 Å². The summed E-state index contributed by atoms with van der Waals surface area (Å²) in [5, 5.41) is 9.30. The molecule has 2 aromatic rings. The van der Waals surface area contributed by atoms with Crippen LogP contribution in [0.3, 0.4) is 0 Å². The summed E-state index contributed by atoms with van der Waals surface area (Å²) in [6.07, 6.45) is 3.41. The van der Waals surface area contributed by atoms with Crippen molar-refractivity contribution in [2.75, 3.05) is 5.75 Å². The summed E-state index contributed by atoms with van der Waals surface area (Å²) in [5.74, 6) is 1.43. The Hall–Kier alpha value is -1.82. The van der Waals surface area contributed by atoms with Gasteiger partial charge in [-0.1, -0.05) is 42.1 Å². The molecule has 0 spiro atoms. The van der Waals surface area contributed by atoms with E-state index in [2.05, 4.69) is 24.0 Å². The Bertz CT molecular complexity index is 690. The number of aromatic nitrogens is 3. The summed E-state index contributed by atoms with van der Waals surface area (Å²) in [6, 6.07) is 10.7. The molecule has 1 amide bonds. The maximum absolute atomic E-state index is 12.6. The number of carbonyl (C=O) groups is 1. The Labute approximate surface area is 147 Å². The number of carbonyl (C=O) groups excluding carboxylic acids is 1. The summed E-state index contributed by atoms with van der Waals surface area (Å²) in [7, 11) is 1.95. The Morgan fingerprint density at radius 2 is 1.83 bits per heavy atom. The molecule has 6 heteroatoms. The lowest BCUT2D eigenvalue weighted by molar-refractivity contribution is -0.134. The lowest BCUT2D eigenvalue weighted by Gasteiger charge is -2.39. The van der Waals surface area contributed by atoms with Gasteiger partial charge in [0, 0.05) is 24.7 Å². The van der Waals surface area contributed by atoms with E-state index in [9.17, 15) is 4.79 Å². The van der Waals surface area contributed by atoms with Crippen LogP contribution in [0, 0.1) is 0 Å². The van der Waals surface area contributed by atoms with Crippen molar-refractivity contribution < 1.29 is 4.79 Å². The summed E-state index contributed by atoms with van der Waals surface area (Å²) in [6.45, 7) is 4.29. The number of amides is 1. The molecule has 128 valence electrons. The molecule has 2 heterocycles. The van der Waals surface area contributed by atoms with Crippen LogP contribution in [-0.4, -0.2) is 43.4 Å². The van der Waals surface area contributed by atoms with Crippen LogP contribution in [0.1, 0.15) is 33.1 Å². The molecule has 3 rings (SSSR count). The van der Waals surface area contributed by atoms with E-state index in [4.69, 9.17) is 0 Å². The first kappa shape index (κ1) is 17.0. The van der Waals surface area contributed by atoms with E-state index >= 15 is 0 Å². The number of benzene rings is 1. The summed E-state index contributed by atoms with van der Waals surface area (Å²) in [5.41, 5.74) is 1.03. The minimum Gasteiger partial charge on any atom is -0.337 e. The first-order valence-electron chi connectivity index (χ1n) is 8.46. The molecule has 0 N–H and O–H groups in total. The molecule has 0 radical (unpaired) electrons. The Morgan fingerprint density at radius 3 is 2.50 bits per heavy atom. The highest BCUT2D eigenvalue weighted by Crippen LogP contribution is 2.26. The monoisotopic (exact) mass is 344 g/mol. The molecule has 5 nitrogen and oxygen atoms in total. The van der Waals surface area contributed by atoms with Gasteiger partial charge in [0.1, 0.15) is 0 Å². The predicted octanol–water partition coefficient (Wildman–Crippen LogP) is 3.36. The SMILES string of the molecule is C[C@@H]1CCC[C@@H](C)N1C(=O)CSc1nnc(-c2ccccc2)n1C. The molecule has 1 aromatic carbocycles. The fraction of sp³-hybridized carbons (Fsp3) is 0.500. The minimum atomic E-state index is 0.198. The predicted molar refractivity (Wildman–Crippen MR) is 96.8 cm³/mol. The second-order valence-corrected chi connectivity index (χ2v) is 7.39. The molecule has 24 heavy (non-hydrogen) atoms. The third kappa shape index (κ3) is 3.48. The number of hydrogen-bond donors (Lipinski definition) is 0. The van der Waals surface area contributed by atoms with Gasteiger partial charge in [-0.3, -0.25) is 4.79 Å². The standard InChI is InChI=1S/C18H24N4OS/c1-13-8-7-9-14(2)22(13)16(23)12-24-18-20-19-17(21(18)3)15-10-5-4-6-11-15/h4-6,10-11,13-14H,7-9,12H2,1-3H3/t13-,14-/m1/s1. The molecular weight excluding hydrogens is 320 g/mol. The molecule has 0 bridgehead atoms. The number of nitrogens with zero attached hydrogens (tertiary/aromatic N) is 4. The zero-order valence-corrected chi connectivity index (χ0v) is 15.3. The van der Waals surface area contributed by atoms with E-state index in [1.807, 2.05) is 46.8 Å². The van der Waals surface area contributed by atoms with Gasteiger partial charge >= 0.3 is 0 Å². The van der Waals surface area contributed by atoms with Crippen LogP contribution in [0.4, 0.5) is 0 Å². The van der Waals surface area contributed by atoms with Gasteiger partial charge in [-0.2, -0.15) is 0 Å². The molecular formula is C18H24N4OS. The van der Waals surface area contributed by atoms with E-state index in [0.29, 0.717) is 17.8 Å². The van der Waals surface area contributed by atoms with Crippen molar-refractivity contribution >= 4 is 17.7 Å². The van der Waals surface area contributed by atoms with Crippen molar-refractivity contribution in [1.29, 1.82) is 0 Å². The van der Waals surface area contributed by atoms with Crippen molar-refractivity contribution in [3.05, 3.63) is 30.3 Å². The molecule has 0 saturated carbocycles. The van der Waals surface area contributed by atoms with Crippen LogP contribution < -0.4 is 0 Å². The zero-order chi connectivity index (χ0) is 17.1. The van der Waals surface area contributed by atoms with Crippen molar-refractivity contribution in [2.45, 2.75) is 50.4 Å². The number of likely N-dealkylation sites (tertiary alicyclic amines) is 1. The van der Waals surface area contributed by atoms with Crippen molar-refractivity contribution in [1.82, 2.24) is 19.7 Å². The Morgan fingerprint density at radius 1 is 1.17 bits per heavy atom. The second kappa shape index (κ2) is 7.38. The Balaban J connectivity index is 1.67. The fourth-order valence-corrected chi connectivity index (χ4v) is 4.17. The average molecular weight is 344 g/mol. The van der Waals surface area contributed by atoms with Crippen LogP contribution in [0.15, 0.2) is 35.5 Å². The lowest BCUT2D eigenvalue weighted by atomic mass is 9.98. The lowest BCUT2D eigenvalue weighted by Crippen LogP contribution is -2.48.